The number of hydrogen-bond donors (Lipinski definition) is 2. The third-order valence-corrected chi connectivity index (χ3v) is 6.02. The summed E-state index contributed by atoms with van der Waals surface area (Å²) in [6.07, 6.45) is 3.36. The lowest BCUT2D eigenvalue weighted by Gasteiger charge is -2.38. The molecular weight excluding hydrogens is 422 g/mol. The van der Waals surface area contributed by atoms with Gasteiger partial charge in [-0.1, -0.05) is 18.2 Å². The fourth-order valence-corrected chi connectivity index (χ4v) is 4.15. The number of piperazine rings is 2. The summed E-state index contributed by atoms with van der Waals surface area (Å²) >= 11 is 0. The minimum Gasteiger partial charge on any atom is -0.353 e. The number of amides is 3. The van der Waals surface area contributed by atoms with Crippen LogP contribution in [0.3, 0.4) is 0 Å². The summed E-state index contributed by atoms with van der Waals surface area (Å²) in [5.74, 6) is -0.0277. The molecule has 2 N–H and O–H groups in total. The van der Waals surface area contributed by atoms with Gasteiger partial charge in [-0.3, -0.25) is 19.3 Å². The van der Waals surface area contributed by atoms with Crippen LogP contribution in [-0.4, -0.2) is 89.3 Å². The van der Waals surface area contributed by atoms with Crippen LogP contribution in [0.4, 0.5) is 11.6 Å². The number of nitrogens with one attached hydrogen (secondary N) is 2. The molecule has 0 aliphatic carbocycles. The van der Waals surface area contributed by atoms with Crippen molar-refractivity contribution in [3.05, 3.63) is 48.3 Å². The van der Waals surface area contributed by atoms with Crippen molar-refractivity contribution in [2.24, 2.45) is 0 Å². The molecule has 3 heterocycles. The van der Waals surface area contributed by atoms with Crippen molar-refractivity contribution in [2.45, 2.75) is 19.4 Å². The molecule has 4 rings (SSSR count). The predicted octanol–water partition coefficient (Wildman–Crippen LogP) is 0.263. The van der Waals surface area contributed by atoms with Crippen LogP contribution >= 0.6 is 0 Å². The zero-order valence-electron chi connectivity index (χ0n) is 18.7. The highest BCUT2D eigenvalue weighted by molar-refractivity contribution is 5.98. The fourth-order valence-electron chi connectivity index (χ4n) is 4.15. The second-order valence-electron chi connectivity index (χ2n) is 8.27. The number of aryl methyl sites for hydroxylation is 1. The Morgan fingerprint density at radius 3 is 2.52 bits per heavy atom. The maximum absolute atomic E-state index is 13.1. The Hall–Kier alpha value is -3.53. The molecule has 10 heteroatoms. The van der Waals surface area contributed by atoms with Crippen LogP contribution in [0.5, 0.6) is 0 Å². The lowest BCUT2D eigenvalue weighted by Crippen LogP contribution is -2.60. The number of rotatable bonds is 6. The number of hydrogen-bond acceptors (Lipinski definition) is 7. The van der Waals surface area contributed by atoms with E-state index in [1.807, 2.05) is 31.2 Å². The minimum absolute atomic E-state index is 0.0783. The molecule has 174 valence electrons. The number of nitrogens with zero attached hydrogens (tertiary/aromatic N) is 5. The third kappa shape index (κ3) is 5.64. The third-order valence-electron chi connectivity index (χ3n) is 6.02. The average Bonchev–Trinajstić information content (AvgIpc) is 2.83. The van der Waals surface area contributed by atoms with Crippen LogP contribution in [-0.2, 0) is 14.4 Å². The summed E-state index contributed by atoms with van der Waals surface area (Å²) < 4.78 is 0. The Kier molecular flexibility index (Phi) is 7.13. The summed E-state index contributed by atoms with van der Waals surface area (Å²) in [5.41, 5.74) is 1.64. The highest BCUT2D eigenvalue weighted by atomic mass is 16.2. The van der Waals surface area contributed by atoms with Gasteiger partial charge in [0.1, 0.15) is 6.04 Å². The normalized spacial score (nSPS) is 19.2. The molecule has 0 radical (unpaired) electrons. The molecule has 1 aromatic heterocycles. The molecule has 3 amide bonds. The SMILES string of the molecule is Cc1ccccc1NC(=O)C[C@@H]1C(=O)NCCN1C(=O)CN1CCN(c2ncccn2)CC1. The van der Waals surface area contributed by atoms with E-state index in [2.05, 4.69) is 30.4 Å². The largest absolute Gasteiger partial charge is 0.353 e. The van der Waals surface area contributed by atoms with Crippen molar-refractivity contribution in [2.75, 3.05) is 56.0 Å². The van der Waals surface area contributed by atoms with Gasteiger partial charge in [0.25, 0.3) is 0 Å². The van der Waals surface area contributed by atoms with Gasteiger partial charge >= 0.3 is 0 Å². The quantitative estimate of drug-likeness (QED) is 0.648. The number of para-hydroxylation sites is 1. The molecular formula is C23H29N7O3. The van der Waals surface area contributed by atoms with Gasteiger partial charge in [-0.05, 0) is 24.6 Å². The molecule has 0 saturated carbocycles. The van der Waals surface area contributed by atoms with E-state index in [1.54, 1.807) is 23.4 Å². The second kappa shape index (κ2) is 10.4. The lowest BCUT2D eigenvalue weighted by molar-refractivity contribution is -0.145. The second-order valence-corrected chi connectivity index (χ2v) is 8.27. The van der Waals surface area contributed by atoms with Gasteiger partial charge < -0.3 is 20.4 Å². The smallest absolute Gasteiger partial charge is 0.243 e. The Balaban J connectivity index is 1.33. The number of anilines is 2. The van der Waals surface area contributed by atoms with E-state index in [4.69, 9.17) is 0 Å². The van der Waals surface area contributed by atoms with Crippen LogP contribution in [0.2, 0.25) is 0 Å². The maximum Gasteiger partial charge on any atom is 0.243 e. The molecule has 33 heavy (non-hydrogen) atoms. The first-order chi connectivity index (χ1) is 16.0. The van der Waals surface area contributed by atoms with Gasteiger partial charge in [0.05, 0.1) is 13.0 Å². The summed E-state index contributed by atoms with van der Waals surface area (Å²) in [6, 6.07) is 8.43. The fraction of sp³-hybridized carbons (Fsp3) is 0.435. The summed E-state index contributed by atoms with van der Waals surface area (Å²) in [6.45, 7) is 5.74. The lowest BCUT2D eigenvalue weighted by atomic mass is 10.1. The Labute approximate surface area is 193 Å². The Morgan fingerprint density at radius 1 is 1.06 bits per heavy atom. The van der Waals surface area contributed by atoms with Gasteiger partial charge in [-0.25, -0.2) is 9.97 Å². The van der Waals surface area contributed by atoms with Crippen LogP contribution in [0, 0.1) is 6.92 Å². The van der Waals surface area contributed by atoms with E-state index in [9.17, 15) is 14.4 Å². The van der Waals surface area contributed by atoms with Crippen LogP contribution in [0.15, 0.2) is 42.7 Å². The average molecular weight is 452 g/mol. The molecule has 2 aliphatic heterocycles. The highest BCUT2D eigenvalue weighted by Crippen LogP contribution is 2.16. The number of carbonyl (C=O) groups excluding carboxylic acids is 3. The van der Waals surface area contributed by atoms with Crippen molar-refractivity contribution < 1.29 is 14.4 Å². The van der Waals surface area contributed by atoms with E-state index in [1.165, 1.54) is 0 Å². The molecule has 2 aliphatic rings. The van der Waals surface area contributed by atoms with Crippen LogP contribution in [0.1, 0.15) is 12.0 Å². The zero-order valence-corrected chi connectivity index (χ0v) is 18.7. The molecule has 2 saturated heterocycles. The monoisotopic (exact) mass is 451 g/mol. The first kappa shape index (κ1) is 22.7. The first-order valence-corrected chi connectivity index (χ1v) is 11.2. The molecule has 2 fully saturated rings. The van der Waals surface area contributed by atoms with Gasteiger partial charge in [-0.15, -0.1) is 0 Å². The Bertz CT molecular complexity index is 993. The summed E-state index contributed by atoms with van der Waals surface area (Å²) in [7, 11) is 0. The molecule has 2 aromatic rings. The number of aromatic nitrogens is 2. The minimum atomic E-state index is -0.811. The van der Waals surface area contributed by atoms with Crippen molar-refractivity contribution in [3.63, 3.8) is 0 Å². The van der Waals surface area contributed by atoms with Crippen LogP contribution < -0.4 is 15.5 Å². The predicted molar refractivity (Wildman–Crippen MR) is 124 cm³/mol. The molecule has 1 aromatic carbocycles. The Morgan fingerprint density at radius 2 is 1.79 bits per heavy atom. The van der Waals surface area contributed by atoms with Gasteiger partial charge in [0, 0.05) is 57.3 Å². The maximum atomic E-state index is 13.1. The van der Waals surface area contributed by atoms with Gasteiger partial charge in [0.2, 0.25) is 23.7 Å². The first-order valence-electron chi connectivity index (χ1n) is 11.2. The van der Waals surface area contributed by atoms with E-state index in [0.29, 0.717) is 37.8 Å². The standard InChI is InChI=1S/C23H29N7O3/c1-17-5-2-3-6-18(17)27-20(31)15-19-22(33)24-9-10-30(19)21(32)16-28-11-13-29(14-12-28)23-25-7-4-8-26-23/h2-8,19H,9-16H2,1H3,(H,24,33)(H,27,31)/t19-/m1/s1. The van der Waals surface area contributed by atoms with E-state index < -0.39 is 6.04 Å². The summed E-state index contributed by atoms with van der Waals surface area (Å²) in [4.78, 5) is 52.6. The molecule has 10 nitrogen and oxygen atoms in total. The number of carbonyl (C=O) groups is 3. The summed E-state index contributed by atoms with van der Waals surface area (Å²) in [5, 5.41) is 5.63. The molecule has 0 unspecified atom stereocenters. The topological polar surface area (TPSA) is 111 Å². The van der Waals surface area contributed by atoms with Gasteiger partial charge in [0.15, 0.2) is 0 Å². The molecule has 0 bridgehead atoms. The van der Waals surface area contributed by atoms with E-state index in [-0.39, 0.29) is 30.7 Å². The molecule has 1 atom stereocenters. The van der Waals surface area contributed by atoms with Crippen molar-refractivity contribution in [1.29, 1.82) is 0 Å². The van der Waals surface area contributed by atoms with Crippen molar-refractivity contribution >= 4 is 29.4 Å². The van der Waals surface area contributed by atoms with Gasteiger partial charge in [-0.2, -0.15) is 0 Å². The van der Waals surface area contributed by atoms with Crippen molar-refractivity contribution in [3.8, 4) is 0 Å². The van der Waals surface area contributed by atoms with Crippen LogP contribution in [0.25, 0.3) is 0 Å². The molecule has 0 spiro atoms. The zero-order chi connectivity index (χ0) is 23.2. The van der Waals surface area contributed by atoms with Crippen molar-refractivity contribution in [1.82, 2.24) is 25.1 Å². The number of benzene rings is 1. The highest BCUT2D eigenvalue weighted by Gasteiger charge is 2.35. The van der Waals surface area contributed by atoms with E-state index in [0.717, 1.165) is 18.7 Å². The van der Waals surface area contributed by atoms with E-state index >= 15 is 0 Å².